The van der Waals surface area contributed by atoms with Crippen molar-refractivity contribution in [3.8, 4) is 0 Å². The number of rotatable bonds is 5. The van der Waals surface area contributed by atoms with Crippen molar-refractivity contribution < 1.29 is 9.53 Å². The summed E-state index contributed by atoms with van der Waals surface area (Å²) in [6, 6.07) is 0. The first kappa shape index (κ1) is 11.8. The fourth-order valence-electron chi connectivity index (χ4n) is 0.600. The molecule has 3 nitrogen and oxygen atoms in total. The first-order valence-electron chi connectivity index (χ1n) is 3.98. The standard InChI is InChI=1S/C8H17NO2S/c1-4-11-7(10)5-12-6-8(2,3)9/h4-6,9H2,1-3H3. The first-order valence-corrected chi connectivity index (χ1v) is 5.13. The molecule has 0 radical (unpaired) electrons. The van der Waals surface area contributed by atoms with Crippen molar-refractivity contribution in [1.82, 2.24) is 0 Å². The summed E-state index contributed by atoms with van der Waals surface area (Å²) in [5.74, 6) is 1.01. The molecule has 0 heterocycles. The highest BCUT2D eigenvalue weighted by atomic mass is 32.2. The largest absolute Gasteiger partial charge is 0.465 e. The van der Waals surface area contributed by atoms with E-state index in [1.807, 2.05) is 13.8 Å². The van der Waals surface area contributed by atoms with Crippen molar-refractivity contribution in [1.29, 1.82) is 0 Å². The van der Waals surface area contributed by atoms with Gasteiger partial charge in [0.1, 0.15) is 0 Å². The maximum absolute atomic E-state index is 10.8. The zero-order chi connectivity index (χ0) is 9.61. The maximum Gasteiger partial charge on any atom is 0.315 e. The van der Waals surface area contributed by atoms with Crippen molar-refractivity contribution in [3.05, 3.63) is 0 Å². The van der Waals surface area contributed by atoms with Crippen LogP contribution in [0.15, 0.2) is 0 Å². The van der Waals surface area contributed by atoms with E-state index < -0.39 is 0 Å². The van der Waals surface area contributed by atoms with Crippen LogP contribution < -0.4 is 5.73 Å². The number of nitrogens with two attached hydrogens (primary N) is 1. The molecule has 0 aromatic rings. The van der Waals surface area contributed by atoms with Gasteiger partial charge in [-0.15, -0.1) is 11.8 Å². The average Bonchev–Trinajstić information content (AvgIpc) is 1.84. The van der Waals surface area contributed by atoms with Gasteiger partial charge < -0.3 is 10.5 Å². The summed E-state index contributed by atoms with van der Waals surface area (Å²) in [5.41, 5.74) is 5.51. The summed E-state index contributed by atoms with van der Waals surface area (Å²) in [4.78, 5) is 10.8. The average molecular weight is 191 g/mol. The maximum atomic E-state index is 10.8. The van der Waals surface area contributed by atoms with Crippen LogP contribution in [0.25, 0.3) is 0 Å². The highest BCUT2D eigenvalue weighted by molar-refractivity contribution is 8.00. The number of esters is 1. The highest BCUT2D eigenvalue weighted by Gasteiger charge is 2.11. The summed E-state index contributed by atoms with van der Waals surface area (Å²) in [5, 5.41) is 0. The van der Waals surface area contributed by atoms with E-state index in [1.165, 1.54) is 11.8 Å². The van der Waals surface area contributed by atoms with Crippen LogP contribution in [0.4, 0.5) is 0 Å². The lowest BCUT2D eigenvalue weighted by Gasteiger charge is -2.16. The Bertz CT molecular complexity index is 142. The number of thioether (sulfide) groups is 1. The summed E-state index contributed by atoms with van der Waals surface area (Å²) in [6.45, 7) is 6.12. The lowest BCUT2D eigenvalue weighted by molar-refractivity contribution is -0.139. The molecule has 4 heteroatoms. The van der Waals surface area contributed by atoms with Gasteiger partial charge >= 0.3 is 5.97 Å². The van der Waals surface area contributed by atoms with E-state index in [4.69, 9.17) is 10.5 Å². The monoisotopic (exact) mass is 191 g/mol. The van der Waals surface area contributed by atoms with Crippen molar-refractivity contribution in [3.63, 3.8) is 0 Å². The van der Waals surface area contributed by atoms with Crippen LogP contribution in [0.2, 0.25) is 0 Å². The smallest absolute Gasteiger partial charge is 0.315 e. The van der Waals surface area contributed by atoms with Crippen molar-refractivity contribution >= 4 is 17.7 Å². The molecule has 0 aromatic carbocycles. The van der Waals surface area contributed by atoms with Gasteiger partial charge in [0.15, 0.2) is 0 Å². The number of hydrogen-bond donors (Lipinski definition) is 1. The molecule has 0 rings (SSSR count). The molecule has 0 atom stereocenters. The highest BCUT2D eigenvalue weighted by Crippen LogP contribution is 2.09. The number of carbonyl (C=O) groups excluding carboxylic acids is 1. The van der Waals surface area contributed by atoms with Crippen molar-refractivity contribution in [2.24, 2.45) is 5.73 Å². The molecule has 12 heavy (non-hydrogen) atoms. The van der Waals surface area contributed by atoms with E-state index in [2.05, 4.69) is 0 Å². The third kappa shape index (κ3) is 7.88. The van der Waals surface area contributed by atoms with E-state index in [-0.39, 0.29) is 11.5 Å². The fourth-order valence-corrected chi connectivity index (χ4v) is 1.48. The Morgan fingerprint density at radius 3 is 2.58 bits per heavy atom. The second kappa shape index (κ2) is 5.43. The molecule has 0 aliphatic heterocycles. The van der Waals surface area contributed by atoms with Gasteiger partial charge in [0.2, 0.25) is 0 Å². The van der Waals surface area contributed by atoms with Crippen LogP contribution in [0.5, 0.6) is 0 Å². The van der Waals surface area contributed by atoms with Crippen LogP contribution in [0.3, 0.4) is 0 Å². The van der Waals surface area contributed by atoms with E-state index in [0.29, 0.717) is 12.4 Å². The van der Waals surface area contributed by atoms with Crippen LogP contribution in [-0.4, -0.2) is 29.6 Å². The Kier molecular flexibility index (Phi) is 5.33. The van der Waals surface area contributed by atoms with Crippen LogP contribution in [-0.2, 0) is 9.53 Å². The van der Waals surface area contributed by atoms with Crippen molar-refractivity contribution in [2.75, 3.05) is 18.1 Å². The van der Waals surface area contributed by atoms with Crippen molar-refractivity contribution in [2.45, 2.75) is 26.3 Å². The summed E-state index contributed by atoms with van der Waals surface area (Å²) in [6.07, 6.45) is 0. The zero-order valence-electron chi connectivity index (χ0n) is 7.92. The zero-order valence-corrected chi connectivity index (χ0v) is 8.74. The fraction of sp³-hybridized carbons (Fsp3) is 0.875. The SMILES string of the molecule is CCOC(=O)CSCC(C)(C)N. The molecule has 0 bridgehead atoms. The Hall–Kier alpha value is -0.220. The topological polar surface area (TPSA) is 52.3 Å². The Balaban J connectivity index is 3.37. The molecule has 0 amide bonds. The molecule has 0 saturated heterocycles. The predicted octanol–water partition coefficient (Wildman–Crippen LogP) is 1.02. The molecule has 72 valence electrons. The normalized spacial score (nSPS) is 11.3. The van der Waals surface area contributed by atoms with Gasteiger partial charge in [-0.05, 0) is 20.8 Å². The van der Waals surface area contributed by atoms with Gasteiger partial charge in [0.05, 0.1) is 12.4 Å². The summed E-state index contributed by atoms with van der Waals surface area (Å²) in [7, 11) is 0. The Morgan fingerprint density at radius 1 is 1.58 bits per heavy atom. The Labute approximate surface area is 78.0 Å². The minimum atomic E-state index is -0.211. The van der Waals surface area contributed by atoms with E-state index in [1.54, 1.807) is 6.92 Å². The van der Waals surface area contributed by atoms with E-state index >= 15 is 0 Å². The quantitative estimate of drug-likeness (QED) is 0.659. The second-order valence-electron chi connectivity index (χ2n) is 3.29. The van der Waals surface area contributed by atoms with E-state index in [0.717, 1.165) is 5.75 Å². The van der Waals surface area contributed by atoms with Gasteiger partial charge in [-0.1, -0.05) is 0 Å². The van der Waals surface area contributed by atoms with Gasteiger partial charge in [0, 0.05) is 11.3 Å². The number of hydrogen-bond acceptors (Lipinski definition) is 4. The minimum absolute atomic E-state index is 0.160. The van der Waals surface area contributed by atoms with Crippen LogP contribution >= 0.6 is 11.8 Å². The molecule has 2 N–H and O–H groups in total. The Morgan fingerprint density at radius 2 is 2.17 bits per heavy atom. The molecule has 0 aromatic heterocycles. The molecule has 0 saturated carbocycles. The summed E-state index contributed by atoms with van der Waals surface area (Å²) >= 11 is 1.51. The van der Waals surface area contributed by atoms with Crippen LogP contribution in [0.1, 0.15) is 20.8 Å². The predicted molar refractivity (Wildman–Crippen MR) is 52.2 cm³/mol. The third-order valence-corrected chi connectivity index (χ3v) is 2.39. The molecular weight excluding hydrogens is 174 g/mol. The summed E-state index contributed by atoms with van der Waals surface area (Å²) < 4.78 is 4.76. The van der Waals surface area contributed by atoms with Crippen LogP contribution in [0, 0.1) is 0 Å². The minimum Gasteiger partial charge on any atom is -0.465 e. The molecule has 0 unspecified atom stereocenters. The molecule has 0 aliphatic carbocycles. The second-order valence-corrected chi connectivity index (χ2v) is 4.27. The molecule has 0 spiro atoms. The number of carbonyl (C=O) groups is 1. The van der Waals surface area contributed by atoms with Gasteiger partial charge in [-0.25, -0.2) is 0 Å². The molecule has 0 fully saturated rings. The lowest BCUT2D eigenvalue weighted by Crippen LogP contribution is -2.35. The first-order chi connectivity index (χ1) is 5.45. The van der Waals surface area contributed by atoms with Gasteiger partial charge in [-0.2, -0.15) is 0 Å². The van der Waals surface area contributed by atoms with E-state index in [9.17, 15) is 4.79 Å². The van der Waals surface area contributed by atoms with Gasteiger partial charge in [-0.3, -0.25) is 4.79 Å². The molecule has 0 aliphatic rings. The lowest BCUT2D eigenvalue weighted by atomic mass is 10.1. The molecular formula is C8H17NO2S. The number of ether oxygens (including phenoxy) is 1. The third-order valence-electron chi connectivity index (χ3n) is 0.999. The van der Waals surface area contributed by atoms with Gasteiger partial charge in [0.25, 0.3) is 0 Å².